The topological polar surface area (TPSA) is 101 Å². The van der Waals surface area contributed by atoms with Crippen molar-refractivity contribution in [1.82, 2.24) is 4.98 Å². The zero-order valence-electron chi connectivity index (χ0n) is 11.3. The average molecular weight is 308 g/mol. The molecule has 2 aromatic rings. The maximum absolute atomic E-state index is 11.7. The van der Waals surface area contributed by atoms with Gasteiger partial charge in [-0.3, -0.25) is 0 Å². The molecule has 0 aliphatic heterocycles. The van der Waals surface area contributed by atoms with Crippen LogP contribution in [0.1, 0.15) is 20.7 Å². The van der Waals surface area contributed by atoms with Gasteiger partial charge in [-0.05, 0) is 18.2 Å². The Labute approximate surface area is 124 Å². The molecule has 0 atom stereocenters. The molecule has 1 aromatic carbocycles. The van der Waals surface area contributed by atoms with Gasteiger partial charge in [0.05, 0.1) is 31.5 Å². The first-order valence-electron chi connectivity index (χ1n) is 5.75. The first-order valence-corrected chi connectivity index (χ1v) is 6.56. The number of methoxy groups -OCH3 is 2. The maximum atomic E-state index is 11.7. The molecular weight excluding hydrogens is 296 g/mol. The molecule has 0 fully saturated rings. The largest absolute Gasteiger partial charge is 0.465 e. The van der Waals surface area contributed by atoms with Gasteiger partial charge in [0.25, 0.3) is 0 Å². The predicted octanol–water partition coefficient (Wildman–Crippen LogP) is 2.09. The van der Waals surface area contributed by atoms with E-state index in [0.717, 1.165) is 11.3 Å². The minimum atomic E-state index is -0.662. The molecule has 0 saturated heterocycles. The Balaban J connectivity index is 2.36. The van der Waals surface area contributed by atoms with Crippen LogP contribution in [0.15, 0.2) is 24.4 Å². The molecular formula is C13H12N2O5S. The third-order valence-electron chi connectivity index (χ3n) is 2.52. The Kier molecular flexibility index (Phi) is 4.39. The van der Waals surface area contributed by atoms with Crippen LogP contribution in [0, 0.1) is 0 Å². The van der Waals surface area contributed by atoms with E-state index in [1.165, 1.54) is 38.6 Å². The van der Waals surface area contributed by atoms with Crippen molar-refractivity contribution in [2.45, 2.75) is 0 Å². The van der Waals surface area contributed by atoms with E-state index in [0.29, 0.717) is 15.9 Å². The van der Waals surface area contributed by atoms with Gasteiger partial charge in [0, 0.05) is 0 Å². The van der Waals surface area contributed by atoms with Crippen LogP contribution in [0.5, 0.6) is 10.8 Å². The molecule has 7 nitrogen and oxygen atoms in total. The number of thiazole rings is 1. The smallest absolute Gasteiger partial charge is 0.338 e. The van der Waals surface area contributed by atoms with Crippen LogP contribution in [0.2, 0.25) is 0 Å². The van der Waals surface area contributed by atoms with Crippen molar-refractivity contribution in [3.05, 3.63) is 35.5 Å². The van der Waals surface area contributed by atoms with Crippen molar-refractivity contribution in [1.29, 1.82) is 0 Å². The molecule has 0 spiro atoms. The molecule has 2 rings (SSSR count). The second-order valence-electron chi connectivity index (χ2n) is 3.81. The third-order valence-corrected chi connectivity index (χ3v) is 3.23. The van der Waals surface area contributed by atoms with Gasteiger partial charge >= 0.3 is 11.9 Å². The summed E-state index contributed by atoms with van der Waals surface area (Å²) in [5, 5.41) is 0.832. The van der Waals surface area contributed by atoms with Gasteiger partial charge in [0.1, 0.15) is 5.75 Å². The number of hydrogen-bond donors (Lipinski definition) is 1. The highest BCUT2D eigenvalue weighted by Crippen LogP contribution is 2.30. The number of carbonyl (C=O) groups is 2. The molecule has 1 heterocycles. The van der Waals surface area contributed by atoms with Crippen LogP contribution in [-0.2, 0) is 9.47 Å². The average Bonchev–Trinajstić information content (AvgIpc) is 2.90. The minimum absolute atomic E-state index is 0.0549. The molecule has 0 amide bonds. The predicted molar refractivity (Wildman–Crippen MR) is 75.7 cm³/mol. The van der Waals surface area contributed by atoms with E-state index in [1.54, 1.807) is 0 Å². The molecule has 0 aliphatic rings. The van der Waals surface area contributed by atoms with Crippen molar-refractivity contribution < 1.29 is 23.8 Å². The number of aromatic nitrogens is 1. The van der Waals surface area contributed by atoms with Crippen LogP contribution < -0.4 is 10.5 Å². The van der Waals surface area contributed by atoms with E-state index in [9.17, 15) is 9.59 Å². The number of rotatable bonds is 4. The molecule has 0 bridgehead atoms. The number of anilines is 1. The fourth-order valence-electron chi connectivity index (χ4n) is 1.59. The van der Waals surface area contributed by atoms with Gasteiger partial charge in [0.15, 0.2) is 5.13 Å². The minimum Gasteiger partial charge on any atom is -0.465 e. The quantitative estimate of drug-likeness (QED) is 0.863. The van der Waals surface area contributed by atoms with Crippen molar-refractivity contribution in [2.75, 3.05) is 20.0 Å². The van der Waals surface area contributed by atoms with Crippen molar-refractivity contribution >= 4 is 28.4 Å². The van der Waals surface area contributed by atoms with Gasteiger partial charge in [-0.15, -0.1) is 0 Å². The maximum Gasteiger partial charge on any atom is 0.338 e. The highest BCUT2D eigenvalue weighted by Gasteiger charge is 2.19. The van der Waals surface area contributed by atoms with E-state index in [4.69, 9.17) is 10.5 Å². The van der Waals surface area contributed by atoms with Crippen LogP contribution in [-0.4, -0.2) is 31.1 Å². The summed E-state index contributed by atoms with van der Waals surface area (Å²) in [5.74, 6) is -0.944. The Hall–Kier alpha value is -2.61. The molecule has 1 aromatic heterocycles. The Morgan fingerprint density at radius 3 is 2.38 bits per heavy atom. The number of esters is 2. The van der Waals surface area contributed by atoms with Gasteiger partial charge in [-0.1, -0.05) is 11.3 Å². The zero-order valence-corrected chi connectivity index (χ0v) is 12.1. The van der Waals surface area contributed by atoms with E-state index in [1.807, 2.05) is 0 Å². The Bertz CT molecular complexity index is 683. The number of nitrogen functional groups attached to an aromatic ring is 1. The van der Waals surface area contributed by atoms with Gasteiger partial charge in [0.2, 0.25) is 5.06 Å². The second-order valence-corrected chi connectivity index (χ2v) is 4.83. The van der Waals surface area contributed by atoms with Crippen molar-refractivity contribution in [2.24, 2.45) is 0 Å². The van der Waals surface area contributed by atoms with E-state index >= 15 is 0 Å². The summed E-state index contributed by atoms with van der Waals surface area (Å²) >= 11 is 1.15. The lowest BCUT2D eigenvalue weighted by Crippen LogP contribution is -2.11. The van der Waals surface area contributed by atoms with Crippen LogP contribution in [0.4, 0.5) is 5.13 Å². The second kappa shape index (κ2) is 6.23. The molecule has 0 radical (unpaired) electrons. The zero-order chi connectivity index (χ0) is 15.4. The lowest BCUT2D eigenvalue weighted by Gasteiger charge is -2.09. The highest BCUT2D eigenvalue weighted by atomic mass is 32.1. The number of nitrogens with zero attached hydrogens (tertiary/aromatic N) is 1. The first-order chi connectivity index (χ1) is 10.0. The van der Waals surface area contributed by atoms with Crippen LogP contribution >= 0.6 is 11.3 Å². The number of benzene rings is 1. The normalized spacial score (nSPS) is 10.0. The number of ether oxygens (including phenoxy) is 3. The Morgan fingerprint density at radius 2 is 1.81 bits per heavy atom. The van der Waals surface area contributed by atoms with Crippen LogP contribution in [0.3, 0.4) is 0 Å². The summed E-state index contributed by atoms with van der Waals surface area (Å²) in [6.07, 6.45) is 1.46. The van der Waals surface area contributed by atoms with Gasteiger partial charge < -0.3 is 19.9 Å². The van der Waals surface area contributed by atoms with Crippen LogP contribution in [0.25, 0.3) is 0 Å². The van der Waals surface area contributed by atoms with Gasteiger partial charge in [-0.2, -0.15) is 0 Å². The number of hydrogen-bond acceptors (Lipinski definition) is 8. The molecule has 0 unspecified atom stereocenters. The summed E-state index contributed by atoms with van der Waals surface area (Å²) in [4.78, 5) is 27.2. The summed E-state index contributed by atoms with van der Waals surface area (Å²) in [6.45, 7) is 0. The molecule has 8 heteroatoms. The van der Waals surface area contributed by atoms with E-state index in [-0.39, 0.29) is 11.1 Å². The first kappa shape index (κ1) is 14.8. The molecule has 21 heavy (non-hydrogen) atoms. The summed E-state index contributed by atoms with van der Waals surface area (Å²) in [5.41, 5.74) is 5.66. The van der Waals surface area contributed by atoms with E-state index < -0.39 is 11.9 Å². The third kappa shape index (κ3) is 3.29. The lowest BCUT2D eigenvalue weighted by atomic mass is 10.1. The fraction of sp³-hybridized carbons (Fsp3) is 0.154. The molecule has 0 saturated carbocycles. The molecule has 2 N–H and O–H groups in total. The Morgan fingerprint density at radius 1 is 1.14 bits per heavy atom. The highest BCUT2D eigenvalue weighted by molar-refractivity contribution is 7.17. The molecule has 110 valence electrons. The summed E-state index contributed by atoms with van der Waals surface area (Å²) in [6, 6.07) is 4.36. The SMILES string of the molecule is COC(=O)c1ccc(Oc2cnc(N)s2)cc1C(=O)OC. The lowest BCUT2D eigenvalue weighted by molar-refractivity contribution is 0.0555. The van der Waals surface area contributed by atoms with Crippen molar-refractivity contribution in [3.8, 4) is 10.8 Å². The standard InChI is InChI=1S/C13H12N2O5S/c1-18-11(16)8-4-3-7(5-9(8)12(17)19-2)20-10-6-15-13(14)21-10/h3-6H,1-2H3,(H2,14,15). The number of nitrogens with two attached hydrogens (primary N) is 1. The monoisotopic (exact) mass is 308 g/mol. The number of carbonyl (C=O) groups excluding carboxylic acids is 2. The summed E-state index contributed by atoms with van der Waals surface area (Å²) < 4.78 is 14.8. The van der Waals surface area contributed by atoms with E-state index in [2.05, 4.69) is 14.5 Å². The van der Waals surface area contributed by atoms with Crippen molar-refractivity contribution in [3.63, 3.8) is 0 Å². The fourth-order valence-corrected chi connectivity index (χ4v) is 2.14. The van der Waals surface area contributed by atoms with Gasteiger partial charge in [-0.25, -0.2) is 14.6 Å². The molecule has 0 aliphatic carbocycles. The summed E-state index contributed by atoms with van der Waals surface area (Å²) in [7, 11) is 2.45.